The topological polar surface area (TPSA) is 65.4 Å². The second-order valence-corrected chi connectivity index (χ2v) is 8.23. The Balaban J connectivity index is 1.47. The summed E-state index contributed by atoms with van der Waals surface area (Å²) in [7, 11) is 0. The Kier molecular flexibility index (Phi) is 3.95. The first-order chi connectivity index (χ1) is 11.2. The molecule has 1 saturated heterocycles. The molecule has 0 radical (unpaired) electrons. The Morgan fingerprint density at radius 1 is 1.38 bits per heavy atom. The smallest absolute Gasteiger partial charge is 0.410 e. The SMILES string of the molecule is Cc1ccc(NC2CC3(C2)CN(C(=O)OC(C)(C)C)C3)cc1C#N. The number of likely N-dealkylation sites (tertiary alicyclic amines) is 1. The van der Waals surface area contributed by atoms with Crippen LogP contribution in [0, 0.1) is 23.7 Å². The minimum atomic E-state index is -0.437. The molecule has 5 heteroatoms. The van der Waals surface area contributed by atoms with Gasteiger partial charge in [-0.3, -0.25) is 0 Å². The number of carbonyl (C=O) groups is 1. The molecular weight excluding hydrogens is 302 g/mol. The Hall–Kier alpha value is -2.22. The van der Waals surface area contributed by atoms with Crippen molar-refractivity contribution in [3.05, 3.63) is 29.3 Å². The fourth-order valence-electron chi connectivity index (χ4n) is 3.63. The summed E-state index contributed by atoms with van der Waals surface area (Å²) in [5.74, 6) is 0. The van der Waals surface area contributed by atoms with Crippen LogP contribution >= 0.6 is 0 Å². The Bertz CT molecular complexity index is 686. The minimum absolute atomic E-state index is 0.207. The van der Waals surface area contributed by atoms with E-state index < -0.39 is 5.60 Å². The summed E-state index contributed by atoms with van der Waals surface area (Å²) in [5.41, 5.74) is 2.54. The van der Waals surface area contributed by atoms with Gasteiger partial charge in [-0.15, -0.1) is 0 Å². The summed E-state index contributed by atoms with van der Waals surface area (Å²) < 4.78 is 5.40. The standard InChI is InChI=1S/C19H25N3O2/c1-13-5-6-15(7-14(13)10-20)21-16-8-19(9-16)11-22(12-19)17(23)24-18(2,3)4/h5-7,16,21H,8-9,11-12H2,1-4H3. The molecule has 2 aliphatic rings. The Morgan fingerprint density at radius 3 is 2.62 bits per heavy atom. The third-order valence-corrected chi connectivity index (χ3v) is 4.79. The molecule has 3 rings (SSSR count). The molecule has 1 aliphatic heterocycles. The lowest BCUT2D eigenvalue weighted by molar-refractivity contribution is -0.0738. The molecule has 1 spiro atoms. The van der Waals surface area contributed by atoms with Gasteiger partial charge in [0.15, 0.2) is 0 Å². The van der Waals surface area contributed by atoms with Crippen molar-refractivity contribution in [2.75, 3.05) is 18.4 Å². The van der Waals surface area contributed by atoms with Gasteiger partial charge in [0, 0.05) is 30.2 Å². The number of nitrogens with one attached hydrogen (secondary N) is 1. The minimum Gasteiger partial charge on any atom is -0.444 e. The fourth-order valence-corrected chi connectivity index (χ4v) is 3.63. The third-order valence-electron chi connectivity index (χ3n) is 4.79. The van der Waals surface area contributed by atoms with E-state index in [1.165, 1.54) is 0 Å². The number of carbonyl (C=O) groups excluding carboxylic acids is 1. The maximum absolute atomic E-state index is 12.0. The van der Waals surface area contributed by atoms with Crippen LogP contribution in [0.1, 0.15) is 44.7 Å². The van der Waals surface area contributed by atoms with E-state index in [2.05, 4.69) is 11.4 Å². The van der Waals surface area contributed by atoms with Crippen LogP contribution in [0.2, 0.25) is 0 Å². The summed E-state index contributed by atoms with van der Waals surface area (Å²) in [5, 5.41) is 12.6. The lowest BCUT2D eigenvalue weighted by atomic mass is 9.60. The molecular formula is C19H25N3O2. The number of ether oxygens (including phenoxy) is 1. The van der Waals surface area contributed by atoms with Gasteiger partial charge >= 0.3 is 6.09 Å². The van der Waals surface area contributed by atoms with Gasteiger partial charge in [-0.05, 0) is 58.2 Å². The zero-order chi connectivity index (χ0) is 17.5. The number of nitriles is 1. The predicted octanol–water partition coefficient (Wildman–Crippen LogP) is 3.68. The first-order valence-electron chi connectivity index (χ1n) is 8.45. The first-order valence-corrected chi connectivity index (χ1v) is 8.45. The average Bonchev–Trinajstić information content (AvgIpc) is 2.39. The number of anilines is 1. The number of amides is 1. The van der Waals surface area contributed by atoms with Crippen LogP contribution in [0.25, 0.3) is 0 Å². The maximum atomic E-state index is 12.0. The molecule has 2 fully saturated rings. The first kappa shape index (κ1) is 16.6. The molecule has 1 N–H and O–H groups in total. The summed E-state index contributed by atoms with van der Waals surface area (Å²) in [6, 6.07) is 8.55. The highest BCUT2D eigenvalue weighted by Gasteiger charge is 2.54. The second-order valence-electron chi connectivity index (χ2n) is 8.23. The van der Waals surface area contributed by atoms with Gasteiger partial charge in [-0.2, -0.15) is 5.26 Å². The maximum Gasteiger partial charge on any atom is 0.410 e. The molecule has 128 valence electrons. The van der Waals surface area contributed by atoms with Crippen LogP contribution in [0.15, 0.2) is 18.2 Å². The monoisotopic (exact) mass is 327 g/mol. The van der Waals surface area contributed by atoms with E-state index in [1.54, 1.807) is 4.90 Å². The summed E-state index contributed by atoms with van der Waals surface area (Å²) >= 11 is 0. The van der Waals surface area contributed by atoms with Crippen LogP contribution in [0.5, 0.6) is 0 Å². The number of benzene rings is 1. The van der Waals surface area contributed by atoms with E-state index in [0.717, 1.165) is 37.2 Å². The van der Waals surface area contributed by atoms with E-state index in [1.807, 2.05) is 45.9 Å². The van der Waals surface area contributed by atoms with Crippen molar-refractivity contribution in [3.63, 3.8) is 0 Å². The van der Waals surface area contributed by atoms with Crippen molar-refractivity contribution in [3.8, 4) is 6.07 Å². The van der Waals surface area contributed by atoms with Crippen molar-refractivity contribution >= 4 is 11.8 Å². The summed E-state index contributed by atoms with van der Waals surface area (Å²) in [6.45, 7) is 9.19. The number of hydrogen-bond donors (Lipinski definition) is 1. The summed E-state index contributed by atoms with van der Waals surface area (Å²) in [6.07, 6.45) is 1.91. The van der Waals surface area contributed by atoms with Crippen molar-refractivity contribution < 1.29 is 9.53 Å². The quantitative estimate of drug-likeness (QED) is 0.900. The van der Waals surface area contributed by atoms with Crippen LogP contribution < -0.4 is 5.32 Å². The summed E-state index contributed by atoms with van der Waals surface area (Å²) in [4.78, 5) is 13.8. The Labute approximate surface area is 143 Å². The molecule has 1 aromatic rings. The van der Waals surface area contributed by atoms with Crippen LogP contribution in [0.3, 0.4) is 0 Å². The van der Waals surface area contributed by atoms with Crippen molar-refractivity contribution in [1.29, 1.82) is 5.26 Å². The highest BCUT2D eigenvalue weighted by atomic mass is 16.6. The third kappa shape index (κ3) is 3.33. The van der Waals surface area contributed by atoms with Crippen LogP contribution in [-0.2, 0) is 4.74 Å². The largest absolute Gasteiger partial charge is 0.444 e. The van der Waals surface area contributed by atoms with Gasteiger partial charge in [0.05, 0.1) is 11.6 Å². The number of hydrogen-bond acceptors (Lipinski definition) is 4. The number of aryl methyl sites for hydroxylation is 1. The molecule has 0 bridgehead atoms. The Morgan fingerprint density at radius 2 is 2.04 bits per heavy atom. The lowest BCUT2D eigenvalue weighted by Gasteiger charge is -2.58. The molecule has 0 unspecified atom stereocenters. The normalized spacial score (nSPS) is 19.2. The van der Waals surface area contributed by atoms with Crippen LogP contribution in [-0.4, -0.2) is 35.7 Å². The van der Waals surface area contributed by atoms with Crippen molar-refractivity contribution in [2.45, 2.75) is 52.2 Å². The van der Waals surface area contributed by atoms with E-state index in [4.69, 9.17) is 10.00 Å². The molecule has 1 aromatic carbocycles. The second kappa shape index (κ2) is 5.70. The van der Waals surface area contributed by atoms with Gasteiger partial charge in [-0.1, -0.05) is 6.07 Å². The van der Waals surface area contributed by atoms with Gasteiger partial charge in [0.25, 0.3) is 0 Å². The highest BCUT2D eigenvalue weighted by molar-refractivity contribution is 5.69. The molecule has 1 saturated carbocycles. The van der Waals surface area contributed by atoms with E-state index >= 15 is 0 Å². The lowest BCUT2D eigenvalue weighted by Crippen LogP contribution is -2.66. The van der Waals surface area contributed by atoms with Crippen LogP contribution in [0.4, 0.5) is 10.5 Å². The number of rotatable bonds is 2. The van der Waals surface area contributed by atoms with E-state index in [-0.39, 0.29) is 11.5 Å². The van der Waals surface area contributed by atoms with Gasteiger partial charge in [0.1, 0.15) is 5.60 Å². The zero-order valence-corrected chi connectivity index (χ0v) is 14.8. The molecule has 1 aliphatic carbocycles. The van der Waals surface area contributed by atoms with Gasteiger partial charge in [-0.25, -0.2) is 4.79 Å². The van der Waals surface area contributed by atoms with Crippen molar-refractivity contribution in [1.82, 2.24) is 4.90 Å². The van der Waals surface area contributed by atoms with Gasteiger partial charge in [0.2, 0.25) is 0 Å². The van der Waals surface area contributed by atoms with E-state index in [0.29, 0.717) is 11.6 Å². The zero-order valence-electron chi connectivity index (χ0n) is 14.8. The van der Waals surface area contributed by atoms with Gasteiger partial charge < -0.3 is 15.0 Å². The highest BCUT2D eigenvalue weighted by Crippen LogP contribution is 2.49. The fraction of sp³-hybridized carbons (Fsp3) is 0.579. The molecule has 0 atom stereocenters. The molecule has 1 heterocycles. The molecule has 0 aromatic heterocycles. The molecule has 5 nitrogen and oxygen atoms in total. The van der Waals surface area contributed by atoms with E-state index in [9.17, 15) is 4.79 Å². The molecule has 1 amide bonds. The predicted molar refractivity (Wildman–Crippen MR) is 92.8 cm³/mol. The number of nitrogens with zero attached hydrogens (tertiary/aromatic N) is 2. The molecule has 24 heavy (non-hydrogen) atoms. The average molecular weight is 327 g/mol. The van der Waals surface area contributed by atoms with Crippen molar-refractivity contribution in [2.24, 2.45) is 5.41 Å².